The number of H-pyrrole nitrogens is 1. The molecule has 0 saturated heterocycles. The van der Waals surface area contributed by atoms with Crippen LogP contribution in [0.25, 0.3) is 11.0 Å². The highest BCUT2D eigenvalue weighted by molar-refractivity contribution is 7.92. The number of nitrogens with one attached hydrogen (secondary N) is 2. The van der Waals surface area contributed by atoms with Gasteiger partial charge in [0.1, 0.15) is 5.82 Å². The number of imidazole rings is 1. The number of hydrogen-bond acceptors (Lipinski definition) is 4. The van der Waals surface area contributed by atoms with Gasteiger partial charge in [-0.1, -0.05) is 24.3 Å². The number of carbonyl (C=O) groups excluding carboxylic acids is 1. The Kier molecular flexibility index (Phi) is 6.70. The van der Waals surface area contributed by atoms with Crippen LogP contribution in [0.2, 0.25) is 0 Å². The zero-order valence-corrected chi connectivity index (χ0v) is 20.3. The lowest BCUT2D eigenvalue weighted by Gasteiger charge is -2.17. The molecule has 0 fully saturated rings. The summed E-state index contributed by atoms with van der Waals surface area (Å²) >= 11 is 0. The Hall–Kier alpha value is -3.65. The predicted molar refractivity (Wildman–Crippen MR) is 135 cm³/mol. The number of aryl methyl sites for hydroxylation is 3. The Morgan fingerprint density at radius 1 is 1.03 bits per heavy atom. The van der Waals surface area contributed by atoms with E-state index in [1.54, 1.807) is 55.3 Å². The van der Waals surface area contributed by atoms with E-state index < -0.39 is 10.0 Å². The van der Waals surface area contributed by atoms with Crippen molar-refractivity contribution in [3.05, 3.63) is 89.2 Å². The van der Waals surface area contributed by atoms with Gasteiger partial charge >= 0.3 is 0 Å². The number of sulfonamides is 1. The summed E-state index contributed by atoms with van der Waals surface area (Å²) in [5.74, 6) is 0.788. The highest BCUT2D eigenvalue weighted by Crippen LogP contribution is 2.21. The minimum Gasteiger partial charge on any atom is -0.342 e. The number of anilines is 1. The van der Waals surface area contributed by atoms with Crippen LogP contribution in [0.4, 0.5) is 5.69 Å². The molecule has 0 saturated carbocycles. The lowest BCUT2D eigenvalue weighted by Crippen LogP contribution is -2.28. The number of rotatable bonds is 8. The van der Waals surface area contributed by atoms with Crippen LogP contribution in [0.1, 0.15) is 33.7 Å². The number of aromatic nitrogens is 2. The first kappa shape index (κ1) is 23.5. The summed E-state index contributed by atoms with van der Waals surface area (Å²) in [5.41, 5.74) is 4.40. The molecule has 0 spiro atoms. The van der Waals surface area contributed by atoms with E-state index >= 15 is 0 Å². The minimum atomic E-state index is -3.72. The van der Waals surface area contributed by atoms with E-state index in [-0.39, 0.29) is 10.8 Å². The van der Waals surface area contributed by atoms with Crippen molar-refractivity contribution in [1.82, 2.24) is 14.9 Å². The molecule has 0 aliphatic heterocycles. The molecule has 4 aromatic rings. The van der Waals surface area contributed by atoms with E-state index in [0.717, 1.165) is 35.3 Å². The van der Waals surface area contributed by atoms with E-state index in [4.69, 9.17) is 0 Å². The molecule has 3 aromatic carbocycles. The smallest absolute Gasteiger partial charge is 0.262 e. The van der Waals surface area contributed by atoms with Crippen molar-refractivity contribution in [3.8, 4) is 0 Å². The minimum absolute atomic E-state index is 0.117. The summed E-state index contributed by atoms with van der Waals surface area (Å²) in [6.45, 7) is 4.20. The SMILES string of the molecule is Cc1ccc(C)c(S(=O)(=O)Nc2ccc(C(=O)N(C)CCCc3nc4ccccc4[nH]3)cc2)c1. The third-order valence-electron chi connectivity index (χ3n) is 5.71. The molecule has 0 radical (unpaired) electrons. The Bertz CT molecular complexity index is 1390. The van der Waals surface area contributed by atoms with Gasteiger partial charge in [-0.25, -0.2) is 13.4 Å². The van der Waals surface area contributed by atoms with E-state index in [9.17, 15) is 13.2 Å². The molecule has 7 nitrogen and oxygen atoms in total. The standard InChI is InChI=1S/C26H28N4O3S/c1-18-10-11-19(2)24(17-18)34(32,33)29-21-14-12-20(13-15-21)26(31)30(3)16-6-9-25-27-22-7-4-5-8-23(22)28-25/h4-5,7-8,10-15,17,29H,6,9,16H2,1-3H3,(H,27,28). The molecule has 2 N–H and O–H groups in total. The molecule has 0 unspecified atom stereocenters. The number of nitrogens with zero attached hydrogens (tertiary/aromatic N) is 2. The van der Waals surface area contributed by atoms with Gasteiger partial charge in [-0.05, 0) is 73.9 Å². The van der Waals surface area contributed by atoms with Gasteiger partial charge in [0.15, 0.2) is 0 Å². The highest BCUT2D eigenvalue weighted by atomic mass is 32.2. The topological polar surface area (TPSA) is 95.2 Å². The molecule has 0 aliphatic rings. The second-order valence-corrected chi connectivity index (χ2v) is 10.1. The third-order valence-corrected chi connectivity index (χ3v) is 7.23. The van der Waals surface area contributed by atoms with Crippen LogP contribution >= 0.6 is 0 Å². The quantitative estimate of drug-likeness (QED) is 0.386. The molecule has 0 aliphatic carbocycles. The Morgan fingerprint density at radius 3 is 2.50 bits per heavy atom. The molecule has 1 heterocycles. The van der Waals surface area contributed by atoms with Crippen molar-refractivity contribution in [3.63, 3.8) is 0 Å². The molecule has 4 rings (SSSR count). The molecule has 1 amide bonds. The molecular weight excluding hydrogens is 448 g/mol. The van der Waals surface area contributed by atoms with Gasteiger partial charge in [0.25, 0.3) is 15.9 Å². The first-order valence-corrected chi connectivity index (χ1v) is 12.6. The number of aromatic amines is 1. The molecule has 176 valence electrons. The average molecular weight is 477 g/mol. The fourth-order valence-electron chi connectivity index (χ4n) is 3.82. The predicted octanol–water partition coefficient (Wildman–Crippen LogP) is 4.69. The molecular formula is C26H28N4O3S. The van der Waals surface area contributed by atoms with Gasteiger partial charge in [-0.2, -0.15) is 0 Å². The number of fused-ring (bicyclic) bond motifs is 1. The first-order valence-electron chi connectivity index (χ1n) is 11.1. The van der Waals surface area contributed by atoms with Gasteiger partial charge in [-0.3, -0.25) is 9.52 Å². The van der Waals surface area contributed by atoms with Gasteiger partial charge < -0.3 is 9.88 Å². The number of carbonyl (C=O) groups is 1. The number of amides is 1. The van der Waals surface area contributed by atoms with Crippen LogP contribution in [0.3, 0.4) is 0 Å². The second-order valence-electron chi connectivity index (χ2n) is 8.48. The lowest BCUT2D eigenvalue weighted by atomic mass is 10.2. The summed E-state index contributed by atoms with van der Waals surface area (Å²) in [4.78, 5) is 22.6. The van der Waals surface area contributed by atoms with Crippen LogP contribution in [-0.4, -0.2) is 42.8 Å². The van der Waals surface area contributed by atoms with Crippen molar-refractivity contribution in [2.45, 2.75) is 31.6 Å². The first-order chi connectivity index (χ1) is 16.2. The zero-order chi connectivity index (χ0) is 24.3. The van der Waals surface area contributed by atoms with Gasteiger partial charge in [0, 0.05) is 31.3 Å². The van der Waals surface area contributed by atoms with Crippen molar-refractivity contribution in [1.29, 1.82) is 0 Å². The van der Waals surface area contributed by atoms with E-state index in [2.05, 4.69) is 14.7 Å². The molecule has 1 aromatic heterocycles. The lowest BCUT2D eigenvalue weighted by molar-refractivity contribution is 0.0793. The summed E-state index contributed by atoms with van der Waals surface area (Å²) in [7, 11) is -1.96. The largest absolute Gasteiger partial charge is 0.342 e. The fraction of sp³-hybridized carbons (Fsp3) is 0.231. The van der Waals surface area contributed by atoms with Crippen LogP contribution in [0, 0.1) is 13.8 Å². The average Bonchev–Trinajstić information content (AvgIpc) is 3.23. The molecule has 34 heavy (non-hydrogen) atoms. The van der Waals surface area contributed by atoms with Gasteiger partial charge in [-0.15, -0.1) is 0 Å². The van der Waals surface area contributed by atoms with Crippen molar-refractivity contribution >= 4 is 32.7 Å². The Labute approximate surface area is 199 Å². The summed E-state index contributed by atoms with van der Waals surface area (Å²) in [6, 6.07) is 19.7. The summed E-state index contributed by atoms with van der Waals surface area (Å²) in [6.07, 6.45) is 1.52. The van der Waals surface area contributed by atoms with Crippen molar-refractivity contribution in [2.75, 3.05) is 18.3 Å². The van der Waals surface area contributed by atoms with Gasteiger partial charge in [0.2, 0.25) is 0 Å². The van der Waals surface area contributed by atoms with E-state index in [0.29, 0.717) is 23.4 Å². The Balaban J connectivity index is 1.35. The normalized spacial score (nSPS) is 11.5. The van der Waals surface area contributed by atoms with Crippen LogP contribution in [0.5, 0.6) is 0 Å². The maximum Gasteiger partial charge on any atom is 0.262 e. The molecule has 8 heteroatoms. The summed E-state index contributed by atoms with van der Waals surface area (Å²) in [5, 5.41) is 0. The monoisotopic (exact) mass is 476 g/mol. The van der Waals surface area contributed by atoms with Crippen molar-refractivity contribution < 1.29 is 13.2 Å². The zero-order valence-electron chi connectivity index (χ0n) is 19.5. The van der Waals surface area contributed by atoms with Crippen LogP contribution in [-0.2, 0) is 16.4 Å². The fourth-order valence-corrected chi connectivity index (χ4v) is 5.21. The van der Waals surface area contributed by atoms with E-state index in [1.165, 1.54) is 0 Å². The maximum atomic E-state index is 12.8. The number of para-hydroxylation sites is 2. The van der Waals surface area contributed by atoms with Gasteiger partial charge in [0.05, 0.1) is 15.9 Å². The van der Waals surface area contributed by atoms with Crippen molar-refractivity contribution in [2.24, 2.45) is 0 Å². The number of hydrogen-bond donors (Lipinski definition) is 2. The number of benzene rings is 3. The summed E-state index contributed by atoms with van der Waals surface area (Å²) < 4.78 is 28.2. The maximum absolute atomic E-state index is 12.8. The highest BCUT2D eigenvalue weighted by Gasteiger charge is 2.18. The third kappa shape index (κ3) is 5.28. The molecule has 0 atom stereocenters. The molecule has 0 bridgehead atoms. The van der Waals surface area contributed by atoms with E-state index in [1.807, 2.05) is 37.3 Å². The van der Waals surface area contributed by atoms with Crippen LogP contribution < -0.4 is 4.72 Å². The second kappa shape index (κ2) is 9.69. The Morgan fingerprint density at radius 2 is 1.76 bits per heavy atom. The van der Waals surface area contributed by atoms with Crippen LogP contribution in [0.15, 0.2) is 71.6 Å².